The maximum atomic E-state index is 12.1. The normalized spacial score (nSPS) is 13.6. The van der Waals surface area contributed by atoms with Gasteiger partial charge < -0.3 is 19.2 Å². The van der Waals surface area contributed by atoms with E-state index in [1.165, 1.54) is 36.7 Å². The van der Waals surface area contributed by atoms with E-state index in [2.05, 4.69) is 132 Å². The molecular formula is C37H24Cl4I11N10O8-. The van der Waals surface area contributed by atoms with Crippen molar-refractivity contribution < 1.29 is 27.5 Å². The maximum Gasteiger partial charge on any atom is 0.349 e. The van der Waals surface area contributed by atoms with Gasteiger partial charge in [0.25, 0.3) is 16.7 Å². The summed E-state index contributed by atoms with van der Waals surface area (Å²) < 4.78 is 18.5. The number of rotatable bonds is 13. The van der Waals surface area contributed by atoms with Gasteiger partial charge in [-0.05, 0) is 73.9 Å². The fraction of sp³-hybridized carbons (Fsp3) is 0.189. The van der Waals surface area contributed by atoms with E-state index in [0.717, 1.165) is 40.6 Å². The van der Waals surface area contributed by atoms with Crippen molar-refractivity contribution >= 4 is 190 Å². The van der Waals surface area contributed by atoms with Crippen LogP contribution < -0.4 is 55.5 Å². The molecule has 0 saturated heterocycles. The monoisotopic (exact) mass is 2270 g/mol. The molecule has 0 spiro atoms. The summed E-state index contributed by atoms with van der Waals surface area (Å²) in [4.78, 5) is 69.9. The van der Waals surface area contributed by atoms with Crippen molar-refractivity contribution in [3.05, 3.63) is 143 Å². The first kappa shape index (κ1) is 60.6. The van der Waals surface area contributed by atoms with Gasteiger partial charge in [-0.15, -0.1) is 10.2 Å². The van der Waals surface area contributed by atoms with E-state index in [1.54, 1.807) is 25.3 Å². The van der Waals surface area contributed by atoms with Crippen LogP contribution in [0, 0.1) is 22.7 Å². The average molecular weight is 2270 g/mol. The molecule has 376 valence electrons. The van der Waals surface area contributed by atoms with Crippen LogP contribution in [0.3, 0.4) is 0 Å². The van der Waals surface area contributed by atoms with Crippen molar-refractivity contribution in [3.63, 3.8) is 0 Å². The molecule has 2 aromatic carbocycles. The SMILES string of the molecule is COc1ncc(Oc2c(Cl)cc(-n3nc(C#N)c(=O)[nH]c3=O)cc2Cl)cc1C1CC1.I[I-]I(I)I(I)I(I)I(I)I.N#Cc1nn(-c2cc(Cl)c(Oc3c[nH]c(=O)c(C4CC4)c3)c(Cl)c2)c(=O)[nH]c1=O. The molecule has 2 saturated carbocycles. The summed E-state index contributed by atoms with van der Waals surface area (Å²) in [6.45, 7) is 0. The Labute approximate surface area is 497 Å². The molecule has 0 bridgehead atoms. The Morgan fingerprint density at radius 3 is 1.54 bits per heavy atom. The largest absolute Gasteiger partial charge is 0.453 e. The van der Waals surface area contributed by atoms with Crippen LogP contribution in [0.15, 0.2) is 72.8 Å². The third-order valence-corrected chi connectivity index (χ3v) is 588. The van der Waals surface area contributed by atoms with Crippen molar-refractivity contribution in [2.24, 2.45) is 0 Å². The van der Waals surface area contributed by atoms with Gasteiger partial charge in [0.05, 0.1) is 44.8 Å². The fourth-order valence-corrected chi connectivity index (χ4v) is 1050. The number of halogens is 15. The predicted octanol–water partition coefficient (Wildman–Crippen LogP) is 11.5. The number of hydrogen-bond donors (Lipinski definition) is 3. The third-order valence-electron chi connectivity index (χ3n) is 9.04. The van der Waals surface area contributed by atoms with Crippen LogP contribution in [0.5, 0.6) is 28.9 Å². The molecule has 6 aromatic rings. The Bertz CT molecular complexity index is 3300. The summed E-state index contributed by atoms with van der Waals surface area (Å²) in [5.41, 5.74) is -2.72. The maximum absolute atomic E-state index is 12.1. The van der Waals surface area contributed by atoms with Crippen LogP contribution in [-0.2, 0) is 0 Å². The Kier molecular flexibility index (Phi) is 24.5. The molecule has 0 aliphatic heterocycles. The molecule has 0 unspecified atom stereocenters. The second-order valence-corrected chi connectivity index (χ2v) is 226. The second kappa shape index (κ2) is 28.3. The topological polar surface area (TPSA) is 257 Å². The van der Waals surface area contributed by atoms with Gasteiger partial charge in [-0.3, -0.25) is 24.4 Å². The van der Waals surface area contributed by atoms with Crippen LogP contribution in [0.25, 0.3) is 11.4 Å². The van der Waals surface area contributed by atoms with E-state index in [-0.39, 0.29) is 86.0 Å². The van der Waals surface area contributed by atoms with Crippen LogP contribution in [0.2, 0.25) is 20.1 Å². The Balaban J connectivity index is 0.000000190. The first-order chi connectivity index (χ1) is 33.3. The molecule has 4 aromatic heterocycles. The quantitative estimate of drug-likeness (QED) is 0.0910. The molecule has 0 radical (unpaired) electrons. The van der Waals surface area contributed by atoms with E-state index in [1.807, 2.05) is 16.0 Å². The molecule has 4 heterocycles. The number of nitrogens with zero attached hydrogens (tertiary/aromatic N) is 7. The minimum Gasteiger partial charge on any atom is -0.453 e. The van der Waals surface area contributed by atoms with Gasteiger partial charge in [-0.1, -0.05) is 46.4 Å². The van der Waals surface area contributed by atoms with E-state index in [0.29, 0.717) is 42.1 Å². The summed E-state index contributed by atoms with van der Waals surface area (Å²) in [5, 5.41) is 25.7. The van der Waals surface area contributed by atoms with Crippen molar-refractivity contribution in [2.75, 3.05) is 7.11 Å². The molecule has 0 atom stereocenters. The van der Waals surface area contributed by atoms with Gasteiger partial charge in [-0.2, -0.15) is 19.9 Å². The van der Waals surface area contributed by atoms with Gasteiger partial charge in [0.15, 0.2) is 11.5 Å². The number of aromatic nitrogens is 8. The Hall–Kier alpha value is 1.33. The molecule has 3 N–H and O–H groups in total. The molecule has 2 fully saturated rings. The van der Waals surface area contributed by atoms with Crippen molar-refractivity contribution in [3.8, 4) is 52.4 Å². The standard InChI is InChI=1S/C19H13Cl2N5O4.C18H11Cl2N5O4.I11/c1-29-18-12(9-2-3-9)6-11(8-23-18)30-16-13(20)4-10(5-14(16)21)26-19(28)24-17(27)15(7-22)25-26;19-12-3-9(25-18(28)23-17(27)14(6-21)24-25)4-13(20)15(12)29-10-5-11(8-1-2-8)16(26)22-7-10;1-7-9(4)11(6)10(5)8(2)3/h4-6,8-9H,2-3H2,1H3,(H,24,27,28);3-5,7-8H,1-2H2,(H,22,26)(H,23,27,28);/q;;-1. The van der Waals surface area contributed by atoms with E-state index < -0.39 is 33.9 Å². The van der Waals surface area contributed by atoms with Crippen molar-refractivity contribution in [1.82, 2.24) is 39.5 Å². The van der Waals surface area contributed by atoms with Gasteiger partial charge in [0.2, 0.25) is 17.3 Å². The molecule has 33 heteroatoms. The third kappa shape index (κ3) is 16.2. The molecule has 2 aliphatic carbocycles. The Morgan fingerprint density at radius 1 is 0.686 bits per heavy atom. The summed E-state index contributed by atoms with van der Waals surface area (Å²) in [6, 6.07) is 12.2. The second-order valence-electron chi connectivity index (χ2n) is 13.6. The zero-order valence-electron chi connectivity index (χ0n) is 34.2. The summed E-state index contributed by atoms with van der Waals surface area (Å²) in [7, 11) is 0.406. The number of nitriles is 2. The number of H-pyrrole nitrogens is 3. The number of benzene rings is 2. The smallest absolute Gasteiger partial charge is 0.349 e. The number of nitrogens with one attached hydrogen (secondary N) is 3. The minimum absolute atomic E-state index is 0.0603. The van der Waals surface area contributed by atoms with Gasteiger partial charge in [0, 0.05) is 17.3 Å². The minimum atomic E-state index is -0.893. The van der Waals surface area contributed by atoms with Gasteiger partial charge in [-0.25, -0.2) is 14.6 Å². The number of aromatic amines is 3. The molecule has 18 nitrogen and oxygen atoms in total. The van der Waals surface area contributed by atoms with Crippen LogP contribution in [-0.4, -0.2) is 46.6 Å². The van der Waals surface area contributed by atoms with E-state index in [4.69, 9.17) is 71.1 Å². The predicted molar refractivity (Wildman–Crippen MR) is 353 cm³/mol. The number of pyridine rings is 2. The number of ether oxygens (including phenoxy) is 3. The average Bonchev–Trinajstić information content (AvgIpc) is 4.27. The van der Waals surface area contributed by atoms with Crippen molar-refractivity contribution in [2.45, 2.75) is 37.5 Å². The first-order valence-electron chi connectivity index (χ1n) is 18.6. The van der Waals surface area contributed by atoms with E-state index in [9.17, 15) is 24.0 Å². The number of methoxy groups -OCH3 is 1. The zero-order chi connectivity index (χ0) is 51.1. The summed E-state index contributed by atoms with van der Waals surface area (Å²) >= 11 is 43.0. The number of hydrogen-bond acceptors (Lipinski definition) is 13. The van der Waals surface area contributed by atoms with Crippen molar-refractivity contribution in [1.29, 1.82) is 10.5 Å². The molecular weight excluding hydrogens is 2250 g/mol. The Morgan fingerprint density at radius 2 is 1.13 bits per heavy atom. The van der Waals surface area contributed by atoms with E-state index >= 15 is 0 Å². The van der Waals surface area contributed by atoms with Crippen LogP contribution in [0.1, 0.15) is 60.0 Å². The molecule has 70 heavy (non-hydrogen) atoms. The summed E-state index contributed by atoms with van der Waals surface area (Å²) in [5.74, 6) is 2.22. The summed E-state index contributed by atoms with van der Waals surface area (Å²) in [6.07, 6.45) is 6.93. The zero-order valence-corrected chi connectivity index (χ0v) is 60.9. The fourth-order valence-electron chi connectivity index (χ4n) is 5.74. The molecule has 8 rings (SSSR count). The van der Waals surface area contributed by atoms with Crippen LogP contribution in [0.4, 0.5) is 0 Å². The van der Waals surface area contributed by atoms with Gasteiger partial charge in [0.1, 0.15) is 23.6 Å². The molecule has 2 aliphatic rings. The first-order valence-corrected chi connectivity index (χ1v) is 83.0. The van der Waals surface area contributed by atoms with Crippen LogP contribution >= 0.6 is 190 Å². The molecule has 0 amide bonds. The van der Waals surface area contributed by atoms with Gasteiger partial charge >= 0.3 is 168 Å².